The number of amides is 1. The largest absolute Gasteiger partial charge is 0.368 e. The van der Waals surface area contributed by atoms with Crippen LogP contribution in [0.4, 0.5) is 21.7 Å². The zero-order valence-corrected chi connectivity index (χ0v) is 15.3. The number of anilines is 3. The average Bonchev–Trinajstić information content (AvgIpc) is 2.75. The number of piperazine rings is 1. The van der Waals surface area contributed by atoms with Gasteiger partial charge < -0.3 is 15.1 Å². The lowest BCUT2D eigenvalue weighted by Gasteiger charge is -2.36. The number of aromatic nitrogens is 2. The van der Waals surface area contributed by atoms with E-state index in [4.69, 9.17) is 0 Å². The van der Waals surface area contributed by atoms with Crippen molar-refractivity contribution in [2.75, 3.05) is 36.4 Å². The summed E-state index contributed by atoms with van der Waals surface area (Å²) in [7, 11) is 0. The van der Waals surface area contributed by atoms with Crippen molar-refractivity contribution >= 4 is 23.2 Å². The molecule has 0 radical (unpaired) electrons. The highest BCUT2D eigenvalue weighted by Gasteiger charge is 2.22. The van der Waals surface area contributed by atoms with E-state index in [1.165, 1.54) is 30.2 Å². The predicted octanol–water partition coefficient (Wildman–Crippen LogP) is 3.32. The second-order valence-corrected chi connectivity index (χ2v) is 6.55. The van der Waals surface area contributed by atoms with Gasteiger partial charge in [0.25, 0.3) is 5.91 Å². The first-order valence-electron chi connectivity index (χ1n) is 9.13. The molecule has 1 amide bonds. The van der Waals surface area contributed by atoms with Crippen molar-refractivity contribution in [2.24, 2.45) is 0 Å². The molecule has 2 aromatic carbocycles. The van der Waals surface area contributed by atoms with Crippen LogP contribution < -0.4 is 10.2 Å². The molecule has 0 aliphatic carbocycles. The molecule has 142 valence electrons. The van der Waals surface area contributed by atoms with E-state index in [1.54, 1.807) is 12.1 Å². The number of para-hydroxylation sites is 1. The normalized spacial score (nSPS) is 14.0. The molecule has 7 heteroatoms. The van der Waals surface area contributed by atoms with Gasteiger partial charge in [0.05, 0.1) is 5.56 Å². The number of carbonyl (C=O) groups is 1. The Morgan fingerprint density at radius 2 is 1.64 bits per heavy atom. The fourth-order valence-corrected chi connectivity index (χ4v) is 3.19. The molecule has 0 atom stereocenters. The Labute approximate surface area is 162 Å². The zero-order chi connectivity index (χ0) is 19.3. The summed E-state index contributed by atoms with van der Waals surface area (Å²) in [6.07, 6.45) is 3.00. The minimum Gasteiger partial charge on any atom is -0.368 e. The first-order chi connectivity index (χ1) is 13.7. The Balaban J connectivity index is 1.36. The van der Waals surface area contributed by atoms with Gasteiger partial charge in [0, 0.05) is 49.9 Å². The van der Waals surface area contributed by atoms with Crippen molar-refractivity contribution in [1.29, 1.82) is 0 Å². The third-order valence-electron chi connectivity index (χ3n) is 4.67. The zero-order valence-electron chi connectivity index (χ0n) is 15.3. The fraction of sp³-hybridized carbons (Fsp3) is 0.190. The van der Waals surface area contributed by atoms with Gasteiger partial charge in [-0.05, 0) is 30.3 Å². The van der Waals surface area contributed by atoms with Gasteiger partial charge in [-0.2, -0.15) is 0 Å². The Hall–Kier alpha value is -3.48. The molecule has 1 aromatic heterocycles. The van der Waals surface area contributed by atoms with Crippen molar-refractivity contribution in [1.82, 2.24) is 14.9 Å². The van der Waals surface area contributed by atoms with Crippen LogP contribution in [0.1, 0.15) is 10.4 Å². The van der Waals surface area contributed by atoms with Gasteiger partial charge in [0.15, 0.2) is 0 Å². The molecule has 0 saturated carbocycles. The molecule has 1 N–H and O–H groups in total. The number of hydrogen-bond donors (Lipinski definition) is 1. The van der Waals surface area contributed by atoms with Crippen LogP contribution >= 0.6 is 0 Å². The monoisotopic (exact) mass is 377 g/mol. The SMILES string of the molecule is O=C(c1cnc(Nc2cccc(F)c2)nc1)N1CCN(c2ccccc2)CC1. The first kappa shape index (κ1) is 17.9. The Kier molecular flexibility index (Phi) is 5.14. The second-order valence-electron chi connectivity index (χ2n) is 6.55. The van der Waals surface area contributed by atoms with Crippen LogP contribution in [0.25, 0.3) is 0 Å². The van der Waals surface area contributed by atoms with Gasteiger partial charge in [-0.1, -0.05) is 24.3 Å². The van der Waals surface area contributed by atoms with Crippen LogP contribution in [0.2, 0.25) is 0 Å². The number of halogens is 1. The minimum atomic E-state index is -0.341. The molecule has 28 heavy (non-hydrogen) atoms. The number of nitrogens with one attached hydrogen (secondary N) is 1. The molecule has 3 aromatic rings. The molecule has 6 nitrogen and oxygen atoms in total. The highest BCUT2D eigenvalue weighted by Crippen LogP contribution is 2.17. The summed E-state index contributed by atoms with van der Waals surface area (Å²) >= 11 is 0. The van der Waals surface area contributed by atoms with Gasteiger partial charge in [0.1, 0.15) is 5.82 Å². The van der Waals surface area contributed by atoms with E-state index in [0.29, 0.717) is 30.3 Å². The van der Waals surface area contributed by atoms with E-state index in [-0.39, 0.29) is 11.7 Å². The summed E-state index contributed by atoms with van der Waals surface area (Å²) < 4.78 is 13.2. The van der Waals surface area contributed by atoms with E-state index in [1.807, 2.05) is 23.1 Å². The van der Waals surface area contributed by atoms with Gasteiger partial charge in [-0.25, -0.2) is 14.4 Å². The number of carbonyl (C=O) groups excluding carboxylic acids is 1. The summed E-state index contributed by atoms with van der Waals surface area (Å²) in [5.41, 5.74) is 2.17. The molecule has 0 spiro atoms. The van der Waals surface area contributed by atoms with Crippen molar-refractivity contribution in [2.45, 2.75) is 0 Å². The molecule has 2 heterocycles. The van der Waals surface area contributed by atoms with Gasteiger partial charge in [-0.15, -0.1) is 0 Å². The standard InChI is InChI=1S/C21H20FN5O/c22-17-5-4-6-18(13-17)25-21-23-14-16(15-24-21)20(28)27-11-9-26(10-12-27)19-7-2-1-3-8-19/h1-8,13-15H,9-12H2,(H,23,24,25). The number of nitrogens with zero attached hydrogens (tertiary/aromatic N) is 4. The summed E-state index contributed by atoms with van der Waals surface area (Å²) in [6.45, 7) is 2.87. The second kappa shape index (κ2) is 8.04. The maximum Gasteiger partial charge on any atom is 0.257 e. The lowest BCUT2D eigenvalue weighted by atomic mass is 10.2. The van der Waals surface area contributed by atoms with E-state index in [9.17, 15) is 9.18 Å². The highest BCUT2D eigenvalue weighted by atomic mass is 19.1. The average molecular weight is 377 g/mol. The smallest absolute Gasteiger partial charge is 0.257 e. The lowest BCUT2D eigenvalue weighted by molar-refractivity contribution is 0.0746. The van der Waals surface area contributed by atoms with Crippen molar-refractivity contribution in [3.63, 3.8) is 0 Å². The van der Waals surface area contributed by atoms with Crippen molar-refractivity contribution < 1.29 is 9.18 Å². The van der Waals surface area contributed by atoms with Gasteiger partial charge in [-0.3, -0.25) is 4.79 Å². The molecule has 1 fully saturated rings. The van der Waals surface area contributed by atoms with E-state index >= 15 is 0 Å². The summed E-state index contributed by atoms with van der Waals surface area (Å²) in [5.74, 6) is -0.104. The lowest BCUT2D eigenvalue weighted by Crippen LogP contribution is -2.48. The topological polar surface area (TPSA) is 61.4 Å². The number of benzene rings is 2. The number of rotatable bonds is 4. The maximum absolute atomic E-state index is 13.2. The molecule has 1 aliphatic heterocycles. The van der Waals surface area contributed by atoms with E-state index < -0.39 is 0 Å². The summed E-state index contributed by atoms with van der Waals surface area (Å²) in [4.78, 5) is 25.2. The molecule has 4 rings (SSSR count). The quantitative estimate of drug-likeness (QED) is 0.756. The molecule has 1 saturated heterocycles. The molecular weight excluding hydrogens is 357 g/mol. The molecule has 0 bridgehead atoms. The molecular formula is C21H20FN5O. The van der Waals surface area contributed by atoms with Crippen LogP contribution in [-0.4, -0.2) is 47.0 Å². The summed E-state index contributed by atoms with van der Waals surface area (Å²) in [6, 6.07) is 16.2. The van der Waals surface area contributed by atoms with Crippen molar-refractivity contribution in [3.8, 4) is 0 Å². The predicted molar refractivity (Wildman–Crippen MR) is 106 cm³/mol. The van der Waals surface area contributed by atoms with E-state index in [2.05, 4.69) is 32.3 Å². The minimum absolute atomic E-state index is 0.0787. The summed E-state index contributed by atoms with van der Waals surface area (Å²) in [5, 5.41) is 2.92. The Bertz CT molecular complexity index is 941. The van der Waals surface area contributed by atoms with Gasteiger partial charge >= 0.3 is 0 Å². The number of hydrogen-bond acceptors (Lipinski definition) is 5. The van der Waals surface area contributed by atoms with Crippen LogP contribution in [-0.2, 0) is 0 Å². The van der Waals surface area contributed by atoms with Crippen LogP contribution in [0.5, 0.6) is 0 Å². The Morgan fingerprint density at radius 1 is 0.929 bits per heavy atom. The van der Waals surface area contributed by atoms with E-state index in [0.717, 1.165) is 13.1 Å². The van der Waals surface area contributed by atoms with Crippen LogP contribution in [0, 0.1) is 5.82 Å². The third-order valence-corrected chi connectivity index (χ3v) is 4.67. The molecule has 0 unspecified atom stereocenters. The highest BCUT2D eigenvalue weighted by molar-refractivity contribution is 5.93. The molecule has 1 aliphatic rings. The first-order valence-corrected chi connectivity index (χ1v) is 9.13. The van der Waals surface area contributed by atoms with Gasteiger partial charge in [0.2, 0.25) is 5.95 Å². The van der Waals surface area contributed by atoms with Crippen LogP contribution in [0.3, 0.4) is 0 Å². The van der Waals surface area contributed by atoms with Crippen LogP contribution in [0.15, 0.2) is 67.0 Å². The fourth-order valence-electron chi connectivity index (χ4n) is 3.19. The maximum atomic E-state index is 13.2. The van der Waals surface area contributed by atoms with Crippen molar-refractivity contribution in [3.05, 3.63) is 78.4 Å². The Morgan fingerprint density at radius 3 is 2.32 bits per heavy atom. The third kappa shape index (κ3) is 4.09.